The number of hydrogen-bond acceptors (Lipinski definition) is 5. The van der Waals surface area contributed by atoms with Crippen molar-refractivity contribution in [2.45, 2.75) is 6.54 Å². The fourth-order valence-electron chi connectivity index (χ4n) is 2.12. The molecule has 0 radical (unpaired) electrons. The lowest BCUT2D eigenvalue weighted by Crippen LogP contribution is -2.06. The van der Waals surface area contributed by atoms with E-state index in [-0.39, 0.29) is 0 Å². The predicted molar refractivity (Wildman–Crippen MR) is 78.9 cm³/mol. The monoisotopic (exact) mass is 284 g/mol. The third kappa shape index (κ3) is 2.50. The Labute approximate surface area is 122 Å². The number of methoxy groups -OCH3 is 1. The first-order valence-electron chi connectivity index (χ1n) is 6.57. The first-order valence-corrected chi connectivity index (χ1v) is 6.57. The van der Waals surface area contributed by atoms with Crippen LogP contribution in [0.1, 0.15) is 0 Å². The van der Waals surface area contributed by atoms with E-state index in [1.165, 1.54) is 0 Å². The molecule has 2 aromatic heterocycles. The molecule has 0 aliphatic carbocycles. The number of nitrogens with zero attached hydrogens (tertiary/aromatic N) is 5. The van der Waals surface area contributed by atoms with E-state index < -0.39 is 0 Å². The highest BCUT2D eigenvalue weighted by atomic mass is 16.5. The van der Waals surface area contributed by atoms with Crippen molar-refractivity contribution in [3.05, 3.63) is 42.9 Å². The van der Waals surface area contributed by atoms with Crippen LogP contribution >= 0.6 is 0 Å². The molecule has 108 valence electrons. The molecule has 3 aromatic rings. The lowest BCUT2D eigenvalue weighted by molar-refractivity contribution is 0.187. The summed E-state index contributed by atoms with van der Waals surface area (Å²) < 4.78 is 8.66. The second kappa shape index (κ2) is 5.76. The van der Waals surface area contributed by atoms with Gasteiger partial charge in [-0.15, -0.1) is 10.2 Å². The van der Waals surface area contributed by atoms with E-state index in [4.69, 9.17) is 10.5 Å². The minimum absolute atomic E-state index is 0.535. The van der Waals surface area contributed by atoms with E-state index >= 15 is 0 Å². The second-order valence-corrected chi connectivity index (χ2v) is 4.53. The van der Waals surface area contributed by atoms with E-state index in [0.29, 0.717) is 24.8 Å². The first-order chi connectivity index (χ1) is 10.3. The van der Waals surface area contributed by atoms with E-state index in [2.05, 4.69) is 15.3 Å². The molecule has 0 unspecified atom stereocenters. The summed E-state index contributed by atoms with van der Waals surface area (Å²) in [5.74, 6) is 1.22. The molecule has 0 aliphatic rings. The molecule has 0 saturated carbocycles. The zero-order valence-corrected chi connectivity index (χ0v) is 11.7. The van der Waals surface area contributed by atoms with Crippen molar-refractivity contribution < 1.29 is 4.74 Å². The lowest BCUT2D eigenvalue weighted by atomic mass is 10.3. The number of para-hydroxylation sites is 1. The summed E-state index contributed by atoms with van der Waals surface area (Å²) in [5.41, 5.74) is 7.88. The molecule has 1 aromatic carbocycles. The highest BCUT2D eigenvalue weighted by Gasteiger charge is 2.16. The third-order valence-electron chi connectivity index (χ3n) is 3.20. The predicted octanol–water partition coefficient (Wildman–Crippen LogP) is 1.36. The van der Waals surface area contributed by atoms with Gasteiger partial charge in [0.2, 0.25) is 0 Å². The average molecular weight is 284 g/mol. The van der Waals surface area contributed by atoms with Crippen molar-refractivity contribution in [1.82, 2.24) is 24.5 Å². The highest BCUT2D eigenvalue weighted by Crippen LogP contribution is 2.25. The Morgan fingerprint density at radius 3 is 2.81 bits per heavy atom. The quantitative estimate of drug-likeness (QED) is 0.764. The summed E-state index contributed by atoms with van der Waals surface area (Å²) >= 11 is 0. The van der Waals surface area contributed by atoms with Crippen LogP contribution in [-0.2, 0) is 11.3 Å². The summed E-state index contributed by atoms with van der Waals surface area (Å²) in [7, 11) is 1.66. The number of hydrogen-bond donors (Lipinski definition) is 1. The number of anilines is 1. The smallest absolute Gasteiger partial charge is 0.169 e. The second-order valence-electron chi connectivity index (χ2n) is 4.53. The maximum Gasteiger partial charge on any atom is 0.169 e. The standard InChI is InChI=1S/C14H16N6O/c1-21-8-7-19-10-16-18-14(19)12-9-17-20(13(12)15)11-5-3-2-4-6-11/h2-6,9-10H,7-8,15H2,1H3. The highest BCUT2D eigenvalue weighted by molar-refractivity contribution is 5.69. The van der Waals surface area contributed by atoms with Crippen molar-refractivity contribution in [3.63, 3.8) is 0 Å². The molecule has 0 bridgehead atoms. The molecule has 0 amide bonds. The summed E-state index contributed by atoms with van der Waals surface area (Å²) in [5, 5.41) is 12.4. The molecular weight excluding hydrogens is 268 g/mol. The van der Waals surface area contributed by atoms with Gasteiger partial charge in [0, 0.05) is 13.7 Å². The van der Waals surface area contributed by atoms with Gasteiger partial charge in [-0.25, -0.2) is 4.68 Å². The summed E-state index contributed by atoms with van der Waals surface area (Å²) in [6.45, 7) is 1.24. The molecule has 2 N–H and O–H groups in total. The lowest BCUT2D eigenvalue weighted by Gasteiger charge is -2.06. The van der Waals surface area contributed by atoms with Gasteiger partial charge in [-0.1, -0.05) is 18.2 Å². The molecule has 7 nitrogen and oxygen atoms in total. The Kier molecular flexibility index (Phi) is 3.65. The topological polar surface area (TPSA) is 83.8 Å². The van der Waals surface area contributed by atoms with Gasteiger partial charge < -0.3 is 15.0 Å². The van der Waals surface area contributed by atoms with E-state index in [1.807, 2.05) is 34.9 Å². The first kappa shape index (κ1) is 13.3. The Hall–Kier alpha value is -2.67. The van der Waals surface area contributed by atoms with Gasteiger partial charge in [0.15, 0.2) is 5.82 Å². The maximum atomic E-state index is 6.21. The molecule has 7 heteroatoms. The molecule has 3 rings (SSSR count). The Morgan fingerprint density at radius 2 is 2.05 bits per heavy atom. The number of nitrogen functional groups attached to an aromatic ring is 1. The summed E-state index contributed by atoms with van der Waals surface area (Å²) in [6.07, 6.45) is 3.36. The number of aromatic nitrogens is 5. The molecule has 0 fully saturated rings. The van der Waals surface area contributed by atoms with Crippen LogP contribution < -0.4 is 5.73 Å². The average Bonchev–Trinajstić information content (AvgIpc) is 3.12. The third-order valence-corrected chi connectivity index (χ3v) is 3.20. The van der Waals surface area contributed by atoms with Crippen LogP contribution in [0.5, 0.6) is 0 Å². The van der Waals surface area contributed by atoms with Crippen LogP contribution in [0, 0.1) is 0 Å². The number of benzene rings is 1. The van der Waals surface area contributed by atoms with Crippen molar-refractivity contribution in [1.29, 1.82) is 0 Å². The van der Waals surface area contributed by atoms with Gasteiger partial charge in [-0.2, -0.15) is 5.10 Å². The molecule has 0 atom stereocenters. The molecule has 2 heterocycles. The molecule has 21 heavy (non-hydrogen) atoms. The Morgan fingerprint density at radius 1 is 1.24 bits per heavy atom. The minimum Gasteiger partial charge on any atom is -0.383 e. The van der Waals surface area contributed by atoms with Crippen molar-refractivity contribution in [2.75, 3.05) is 19.5 Å². The van der Waals surface area contributed by atoms with Gasteiger partial charge in [-0.3, -0.25) is 0 Å². The summed E-state index contributed by atoms with van der Waals surface area (Å²) in [6, 6.07) is 9.73. The van der Waals surface area contributed by atoms with Gasteiger partial charge in [0.05, 0.1) is 24.1 Å². The minimum atomic E-state index is 0.535. The number of nitrogens with two attached hydrogens (primary N) is 1. The van der Waals surface area contributed by atoms with Crippen LogP contribution in [0.2, 0.25) is 0 Å². The van der Waals surface area contributed by atoms with Crippen LogP contribution in [0.4, 0.5) is 5.82 Å². The fraction of sp³-hybridized carbons (Fsp3) is 0.214. The van der Waals surface area contributed by atoms with Crippen LogP contribution in [0.25, 0.3) is 17.1 Å². The van der Waals surface area contributed by atoms with Gasteiger partial charge in [-0.05, 0) is 12.1 Å². The zero-order valence-electron chi connectivity index (χ0n) is 11.7. The largest absolute Gasteiger partial charge is 0.383 e. The van der Waals surface area contributed by atoms with Gasteiger partial charge in [0.25, 0.3) is 0 Å². The van der Waals surface area contributed by atoms with Crippen LogP contribution in [0.15, 0.2) is 42.9 Å². The number of ether oxygens (including phenoxy) is 1. The van der Waals surface area contributed by atoms with Crippen LogP contribution in [0.3, 0.4) is 0 Å². The molecule has 0 saturated heterocycles. The van der Waals surface area contributed by atoms with Crippen molar-refractivity contribution in [2.24, 2.45) is 0 Å². The molecular formula is C14H16N6O. The van der Waals surface area contributed by atoms with Crippen LogP contribution in [-0.4, -0.2) is 38.3 Å². The molecule has 0 aliphatic heterocycles. The maximum absolute atomic E-state index is 6.21. The summed E-state index contributed by atoms with van der Waals surface area (Å²) in [4.78, 5) is 0. The fourth-order valence-corrected chi connectivity index (χ4v) is 2.12. The van der Waals surface area contributed by atoms with Gasteiger partial charge in [0.1, 0.15) is 12.1 Å². The van der Waals surface area contributed by atoms with E-state index in [9.17, 15) is 0 Å². The zero-order chi connectivity index (χ0) is 14.7. The Balaban J connectivity index is 1.98. The van der Waals surface area contributed by atoms with E-state index in [0.717, 1.165) is 11.3 Å². The van der Waals surface area contributed by atoms with Crippen molar-refractivity contribution >= 4 is 5.82 Å². The van der Waals surface area contributed by atoms with E-state index in [1.54, 1.807) is 24.3 Å². The SMILES string of the molecule is COCCn1cnnc1-c1cnn(-c2ccccc2)c1N. The number of rotatable bonds is 5. The molecule has 0 spiro atoms. The van der Waals surface area contributed by atoms with Crippen molar-refractivity contribution in [3.8, 4) is 17.1 Å². The Bertz CT molecular complexity index is 718. The normalized spacial score (nSPS) is 10.9. The van der Waals surface area contributed by atoms with Gasteiger partial charge >= 0.3 is 0 Å².